The first-order chi connectivity index (χ1) is 5.38. The largest absolute Gasteiger partial charge is 0.493 e. The lowest BCUT2D eigenvalue weighted by Gasteiger charge is -2.01. The van der Waals surface area contributed by atoms with Crippen LogP contribution < -0.4 is 4.74 Å². The topological polar surface area (TPSA) is 52.1 Å². The van der Waals surface area contributed by atoms with E-state index in [0.29, 0.717) is 11.4 Å². The fraction of sp³-hybridized carbons (Fsp3) is 0.286. The molecule has 0 unspecified atom stereocenters. The van der Waals surface area contributed by atoms with E-state index in [-0.39, 0.29) is 6.42 Å². The highest BCUT2D eigenvalue weighted by Crippen LogP contribution is 2.11. The number of nitrogens with zero attached hydrogens (tertiary/aromatic N) is 2. The van der Waals surface area contributed by atoms with Crippen LogP contribution in [0.25, 0.3) is 0 Å². The maximum atomic E-state index is 10.1. The van der Waals surface area contributed by atoms with Crippen molar-refractivity contribution in [2.24, 2.45) is 0 Å². The van der Waals surface area contributed by atoms with Gasteiger partial charge in [-0.25, -0.2) is 9.97 Å². The molecule has 0 aliphatic heterocycles. The average molecular weight is 152 g/mol. The van der Waals surface area contributed by atoms with E-state index in [1.807, 2.05) is 0 Å². The first-order valence-corrected chi connectivity index (χ1v) is 3.15. The molecule has 11 heavy (non-hydrogen) atoms. The minimum Gasteiger partial charge on any atom is -0.493 e. The molecule has 0 bridgehead atoms. The number of hydrogen-bond acceptors (Lipinski definition) is 4. The average Bonchev–Trinajstić information content (AvgIpc) is 2.06. The second-order valence-electron chi connectivity index (χ2n) is 1.91. The number of aldehydes is 1. The summed E-state index contributed by atoms with van der Waals surface area (Å²) in [6, 6.07) is 0. The van der Waals surface area contributed by atoms with Crippen LogP contribution >= 0.6 is 0 Å². The van der Waals surface area contributed by atoms with Gasteiger partial charge in [-0.05, 0) is 0 Å². The SMILES string of the molecule is COc1cncnc1CC=O. The van der Waals surface area contributed by atoms with Crippen LogP contribution in [0.1, 0.15) is 5.69 Å². The summed E-state index contributed by atoms with van der Waals surface area (Å²) >= 11 is 0. The summed E-state index contributed by atoms with van der Waals surface area (Å²) in [5.74, 6) is 0.555. The fourth-order valence-electron chi connectivity index (χ4n) is 0.745. The van der Waals surface area contributed by atoms with Gasteiger partial charge in [0.15, 0.2) is 5.75 Å². The molecule has 1 heterocycles. The van der Waals surface area contributed by atoms with Gasteiger partial charge in [0.25, 0.3) is 0 Å². The number of carbonyl (C=O) groups excluding carboxylic acids is 1. The smallest absolute Gasteiger partial charge is 0.159 e. The van der Waals surface area contributed by atoms with Gasteiger partial charge in [0.1, 0.15) is 12.6 Å². The normalized spacial score (nSPS) is 9.18. The van der Waals surface area contributed by atoms with E-state index in [0.717, 1.165) is 6.29 Å². The molecule has 0 aromatic carbocycles. The Morgan fingerprint density at radius 1 is 1.73 bits per heavy atom. The van der Waals surface area contributed by atoms with E-state index in [1.54, 1.807) is 0 Å². The van der Waals surface area contributed by atoms with E-state index < -0.39 is 0 Å². The van der Waals surface area contributed by atoms with Gasteiger partial charge in [-0.15, -0.1) is 0 Å². The third-order valence-corrected chi connectivity index (χ3v) is 1.25. The minimum absolute atomic E-state index is 0.270. The van der Waals surface area contributed by atoms with E-state index in [4.69, 9.17) is 4.74 Å². The first kappa shape index (κ1) is 7.65. The number of hydrogen-bond donors (Lipinski definition) is 0. The standard InChI is InChI=1S/C7H8N2O2/c1-11-7-4-8-5-9-6(7)2-3-10/h3-5H,2H2,1H3. The molecule has 0 spiro atoms. The second-order valence-corrected chi connectivity index (χ2v) is 1.91. The Morgan fingerprint density at radius 3 is 3.18 bits per heavy atom. The van der Waals surface area contributed by atoms with E-state index in [1.165, 1.54) is 19.6 Å². The van der Waals surface area contributed by atoms with Crippen molar-refractivity contribution in [3.63, 3.8) is 0 Å². The van der Waals surface area contributed by atoms with Crippen LogP contribution in [0.3, 0.4) is 0 Å². The van der Waals surface area contributed by atoms with Crippen molar-refractivity contribution >= 4 is 6.29 Å². The van der Waals surface area contributed by atoms with Crippen molar-refractivity contribution in [1.29, 1.82) is 0 Å². The molecule has 0 radical (unpaired) electrons. The lowest BCUT2D eigenvalue weighted by Crippen LogP contribution is -1.96. The second kappa shape index (κ2) is 3.65. The predicted molar refractivity (Wildman–Crippen MR) is 38.4 cm³/mol. The monoisotopic (exact) mass is 152 g/mol. The van der Waals surface area contributed by atoms with Gasteiger partial charge in [0, 0.05) is 6.42 Å². The molecule has 4 heteroatoms. The third kappa shape index (κ3) is 1.73. The first-order valence-electron chi connectivity index (χ1n) is 3.15. The number of carbonyl (C=O) groups is 1. The van der Waals surface area contributed by atoms with Crippen LogP contribution in [0.2, 0.25) is 0 Å². The molecule has 0 amide bonds. The maximum Gasteiger partial charge on any atom is 0.159 e. The van der Waals surface area contributed by atoms with Gasteiger partial charge in [0.05, 0.1) is 19.0 Å². The Hall–Kier alpha value is -1.45. The summed E-state index contributed by atoms with van der Waals surface area (Å²) in [5, 5.41) is 0. The number of rotatable bonds is 3. The summed E-state index contributed by atoms with van der Waals surface area (Å²) in [4.78, 5) is 17.7. The summed E-state index contributed by atoms with van der Waals surface area (Å²) in [6.45, 7) is 0. The predicted octanol–water partition coefficient (Wildman–Crippen LogP) is 0.227. The third-order valence-electron chi connectivity index (χ3n) is 1.25. The molecular weight excluding hydrogens is 144 g/mol. The van der Waals surface area contributed by atoms with Gasteiger partial charge in [-0.3, -0.25) is 0 Å². The van der Waals surface area contributed by atoms with Crippen molar-refractivity contribution in [2.45, 2.75) is 6.42 Å². The molecule has 4 nitrogen and oxygen atoms in total. The van der Waals surface area contributed by atoms with Crippen LogP contribution in [0.5, 0.6) is 5.75 Å². The molecular formula is C7H8N2O2. The maximum absolute atomic E-state index is 10.1. The van der Waals surface area contributed by atoms with Crippen molar-refractivity contribution in [3.05, 3.63) is 18.2 Å². The zero-order valence-corrected chi connectivity index (χ0v) is 6.15. The van der Waals surface area contributed by atoms with Crippen molar-refractivity contribution in [1.82, 2.24) is 9.97 Å². The highest BCUT2D eigenvalue weighted by atomic mass is 16.5. The molecule has 0 saturated carbocycles. The van der Waals surface area contributed by atoms with Gasteiger partial charge in [-0.1, -0.05) is 0 Å². The fourth-order valence-corrected chi connectivity index (χ4v) is 0.745. The van der Waals surface area contributed by atoms with Gasteiger partial charge in [0.2, 0.25) is 0 Å². The van der Waals surface area contributed by atoms with E-state index in [2.05, 4.69) is 9.97 Å². The number of methoxy groups -OCH3 is 1. The Morgan fingerprint density at radius 2 is 2.55 bits per heavy atom. The highest BCUT2D eigenvalue weighted by molar-refractivity contribution is 5.55. The van der Waals surface area contributed by atoms with E-state index in [9.17, 15) is 4.79 Å². The van der Waals surface area contributed by atoms with E-state index >= 15 is 0 Å². The lowest BCUT2D eigenvalue weighted by atomic mass is 10.3. The van der Waals surface area contributed by atoms with Crippen molar-refractivity contribution in [2.75, 3.05) is 7.11 Å². The summed E-state index contributed by atoms with van der Waals surface area (Å²) in [6.07, 6.45) is 3.98. The summed E-state index contributed by atoms with van der Waals surface area (Å²) < 4.78 is 4.91. The van der Waals surface area contributed by atoms with Gasteiger partial charge >= 0.3 is 0 Å². The van der Waals surface area contributed by atoms with Crippen LogP contribution in [-0.2, 0) is 11.2 Å². The summed E-state index contributed by atoms with van der Waals surface area (Å²) in [5.41, 5.74) is 0.623. The van der Waals surface area contributed by atoms with Gasteiger partial charge in [-0.2, -0.15) is 0 Å². The number of ether oxygens (including phenoxy) is 1. The number of aromatic nitrogens is 2. The van der Waals surface area contributed by atoms with Crippen LogP contribution in [0.4, 0.5) is 0 Å². The van der Waals surface area contributed by atoms with Crippen molar-refractivity contribution < 1.29 is 9.53 Å². The molecule has 58 valence electrons. The molecule has 0 aliphatic rings. The zero-order valence-electron chi connectivity index (χ0n) is 6.15. The van der Waals surface area contributed by atoms with Crippen LogP contribution in [0, 0.1) is 0 Å². The molecule has 1 aromatic rings. The lowest BCUT2D eigenvalue weighted by molar-refractivity contribution is -0.107. The molecule has 0 fully saturated rings. The molecule has 1 rings (SSSR count). The quantitative estimate of drug-likeness (QED) is 0.581. The Balaban J connectivity index is 2.92. The molecule has 0 atom stereocenters. The Bertz CT molecular complexity index is 250. The Kier molecular flexibility index (Phi) is 2.54. The summed E-state index contributed by atoms with van der Waals surface area (Å²) in [7, 11) is 1.52. The zero-order chi connectivity index (χ0) is 8.10. The molecule has 1 aromatic heterocycles. The van der Waals surface area contributed by atoms with Crippen molar-refractivity contribution in [3.8, 4) is 5.75 Å². The highest BCUT2D eigenvalue weighted by Gasteiger charge is 2.01. The molecule has 0 aliphatic carbocycles. The molecule has 0 saturated heterocycles. The molecule has 0 N–H and O–H groups in total. The van der Waals surface area contributed by atoms with Crippen LogP contribution in [0.15, 0.2) is 12.5 Å². The van der Waals surface area contributed by atoms with Crippen LogP contribution in [-0.4, -0.2) is 23.4 Å². The Labute approximate surface area is 64.2 Å². The van der Waals surface area contributed by atoms with Gasteiger partial charge < -0.3 is 9.53 Å². The minimum atomic E-state index is 0.270.